The Morgan fingerprint density at radius 3 is 2.35 bits per heavy atom. The third kappa shape index (κ3) is 5.36. The first kappa shape index (κ1) is 13.5. The van der Waals surface area contributed by atoms with Crippen molar-refractivity contribution < 1.29 is 9.53 Å². The number of amides is 1. The fourth-order valence-corrected chi connectivity index (χ4v) is 1.31. The van der Waals surface area contributed by atoms with Crippen molar-refractivity contribution in [2.75, 3.05) is 13.2 Å². The summed E-state index contributed by atoms with van der Waals surface area (Å²) in [5.41, 5.74) is 5.73. The molecule has 0 fully saturated rings. The Morgan fingerprint density at radius 2 is 1.88 bits per heavy atom. The van der Waals surface area contributed by atoms with E-state index in [-0.39, 0.29) is 5.54 Å². The Balaban J connectivity index is 2.35. The van der Waals surface area contributed by atoms with Gasteiger partial charge in [-0.1, -0.05) is 0 Å². The van der Waals surface area contributed by atoms with E-state index in [9.17, 15) is 4.79 Å². The van der Waals surface area contributed by atoms with Crippen LogP contribution in [0.4, 0.5) is 0 Å². The van der Waals surface area contributed by atoms with E-state index in [0.29, 0.717) is 12.2 Å². The van der Waals surface area contributed by atoms with Crippen molar-refractivity contribution in [2.24, 2.45) is 5.73 Å². The molecule has 0 saturated carbocycles. The lowest BCUT2D eigenvalue weighted by Crippen LogP contribution is -2.38. The van der Waals surface area contributed by atoms with Gasteiger partial charge in [-0.2, -0.15) is 0 Å². The molecule has 0 saturated heterocycles. The van der Waals surface area contributed by atoms with Crippen molar-refractivity contribution in [3.8, 4) is 5.75 Å². The van der Waals surface area contributed by atoms with Gasteiger partial charge in [0.15, 0.2) is 0 Å². The predicted octanol–water partition coefficient (Wildman–Crippen LogP) is 1.55. The highest BCUT2D eigenvalue weighted by molar-refractivity contribution is 5.92. The minimum atomic E-state index is -0.425. The molecule has 1 aromatic rings. The molecule has 0 unspecified atom stereocenters. The van der Waals surface area contributed by atoms with Crippen LogP contribution in [0.15, 0.2) is 24.3 Å². The first-order valence-corrected chi connectivity index (χ1v) is 5.66. The zero-order valence-corrected chi connectivity index (χ0v) is 10.6. The Morgan fingerprint density at radius 1 is 1.29 bits per heavy atom. The van der Waals surface area contributed by atoms with E-state index in [2.05, 4.69) is 26.1 Å². The summed E-state index contributed by atoms with van der Waals surface area (Å²) in [5.74, 6) is 0.316. The molecule has 3 N–H and O–H groups in total. The van der Waals surface area contributed by atoms with Crippen molar-refractivity contribution in [3.05, 3.63) is 29.8 Å². The van der Waals surface area contributed by atoms with Crippen LogP contribution in [0.25, 0.3) is 0 Å². The number of hydrogen-bond acceptors (Lipinski definition) is 3. The Kier molecular flexibility index (Phi) is 4.52. The summed E-state index contributed by atoms with van der Waals surface area (Å²) in [6.45, 7) is 7.69. The normalized spacial score (nSPS) is 11.2. The molecule has 4 heteroatoms. The van der Waals surface area contributed by atoms with Crippen molar-refractivity contribution in [1.82, 2.24) is 5.32 Å². The van der Waals surface area contributed by atoms with Crippen molar-refractivity contribution >= 4 is 5.91 Å². The number of nitrogens with two attached hydrogens (primary N) is 1. The second-order valence-electron chi connectivity index (χ2n) is 4.91. The molecule has 0 heterocycles. The summed E-state index contributed by atoms with van der Waals surface area (Å²) in [6.07, 6.45) is 0. The lowest BCUT2D eigenvalue weighted by Gasteiger charge is -2.20. The lowest BCUT2D eigenvalue weighted by molar-refractivity contribution is 0.100. The SMILES string of the molecule is CC(C)(C)NCCOc1ccc(C(N)=O)cc1. The van der Waals surface area contributed by atoms with Gasteiger partial charge < -0.3 is 15.8 Å². The maximum atomic E-state index is 10.9. The maximum absolute atomic E-state index is 10.9. The molecule has 0 aliphatic carbocycles. The van der Waals surface area contributed by atoms with Gasteiger partial charge in [0, 0.05) is 17.6 Å². The molecule has 4 nitrogen and oxygen atoms in total. The van der Waals surface area contributed by atoms with Gasteiger partial charge in [0.05, 0.1) is 0 Å². The minimum absolute atomic E-state index is 0.0964. The number of ether oxygens (including phenoxy) is 1. The monoisotopic (exact) mass is 236 g/mol. The molecule has 1 amide bonds. The summed E-state index contributed by atoms with van der Waals surface area (Å²) < 4.78 is 5.52. The summed E-state index contributed by atoms with van der Waals surface area (Å²) in [5, 5.41) is 3.32. The molecule has 17 heavy (non-hydrogen) atoms. The molecule has 0 aromatic heterocycles. The van der Waals surface area contributed by atoms with Crippen molar-refractivity contribution in [3.63, 3.8) is 0 Å². The molecule has 94 valence electrons. The molecule has 0 aliphatic heterocycles. The highest BCUT2D eigenvalue weighted by Gasteiger charge is 2.07. The molecule has 1 aromatic carbocycles. The Labute approximate surface area is 102 Å². The van der Waals surface area contributed by atoms with Crippen LogP contribution in [-0.4, -0.2) is 24.6 Å². The highest BCUT2D eigenvalue weighted by atomic mass is 16.5. The molecular weight excluding hydrogens is 216 g/mol. The largest absolute Gasteiger partial charge is 0.492 e. The van der Waals surface area contributed by atoms with Crippen LogP contribution in [0.2, 0.25) is 0 Å². The van der Waals surface area contributed by atoms with Gasteiger partial charge in [-0.05, 0) is 45.0 Å². The van der Waals surface area contributed by atoms with Gasteiger partial charge in [0.25, 0.3) is 0 Å². The van der Waals surface area contributed by atoms with Crippen LogP contribution in [-0.2, 0) is 0 Å². The van der Waals surface area contributed by atoms with Crippen molar-refractivity contribution in [2.45, 2.75) is 26.3 Å². The quantitative estimate of drug-likeness (QED) is 0.762. The number of carbonyl (C=O) groups is 1. The summed E-state index contributed by atoms with van der Waals surface area (Å²) in [7, 11) is 0. The Bertz CT molecular complexity index is 366. The zero-order chi connectivity index (χ0) is 12.9. The highest BCUT2D eigenvalue weighted by Crippen LogP contribution is 2.11. The van der Waals surface area contributed by atoms with Crippen LogP contribution in [0.3, 0.4) is 0 Å². The molecule has 1 rings (SSSR count). The number of hydrogen-bond donors (Lipinski definition) is 2. The fraction of sp³-hybridized carbons (Fsp3) is 0.462. The van der Waals surface area contributed by atoms with Crippen LogP contribution in [0.5, 0.6) is 5.75 Å². The van der Waals surface area contributed by atoms with E-state index in [4.69, 9.17) is 10.5 Å². The molecule has 0 aliphatic rings. The van der Waals surface area contributed by atoms with Crippen molar-refractivity contribution in [1.29, 1.82) is 0 Å². The second kappa shape index (κ2) is 5.68. The van der Waals surface area contributed by atoms with Gasteiger partial charge >= 0.3 is 0 Å². The number of nitrogens with one attached hydrogen (secondary N) is 1. The summed E-state index contributed by atoms with van der Waals surface area (Å²) in [4.78, 5) is 10.9. The van der Waals surface area contributed by atoms with Gasteiger partial charge in [-0.3, -0.25) is 4.79 Å². The number of rotatable bonds is 5. The zero-order valence-electron chi connectivity index (χ0n) is 10.6. The Hall–Kier alpha value is -1.55. The van der Waals surface area contributed by atoms with Gasteiger partial charge in [-0.25, -0.2) is 0 Å². The average molecular weight is 236 g/mol. The standard InChI is InChI=1S/C13H20N2O2/c1-13(2,3)15-8-9-17-11-6-4-10(5-7-11)12(14)16/h4-7,15H,8-9H2,1-3H3,(H2,14,16). The first-order valence-electron chi connectivity index (χ1n) is 5.66. The fourth-order valence-electron chi connectivity index (χ4n) is 1.31. The van der Waals surface area contributed by atoms with Gasteiger partial charge in [0.2, 0.25) is 5.91 Å². The van der Waals surface area contributed by atoms with Crippen LogP contribution < -0.4 is 15.8 Å². The number of benzene rings is 1. The van der Waals surface area contributed by atoms with E-state index in [0.717, 1.165) is 12.3 Å². The minimum Gasteiger partial charge on any atom is -0.492 e. The maximum Gasteiger partial charge on any atom is 0.248 e. The predicted molar refractivity (Wildman–Crippen MR) is 68.2 cm³/mol. The van der Waals surface area contributed by atoms with Crippen LogP contribution in [0, 0.1) is 0 Å². The third-order valence-electron chi connectivity index (χ3n) is 2.16. The second-order valence-corrected chi connectivity index (χ2v) is 4.91. The molecule has 0 bridgehead atoms. The number of primary amides is 1. The van der Waals surface area contributed by atoms with E-state index >= 15 is 0 Å². The number of carbonyl (C=O) groups excluding carboxylic acids is 1. The summed E-state index contributed by atoms with van der Waals surface area (Å²) >= 11 is 0. The average Bonchev–Trinajstić information content (AvgIpc) is 2.24. The van der Waals surface area contributed by atoms with Gasteiger partial charge in [0.1, 0.15) is 12.4 Å². The molecule has 0 spiro atoms. The molecule has 0 atom stereocenters. The third-order valence-corrected chi connectivity index (χ3v) is 2.16. The van der Waals surface area contributed by atoms with Crippen LogP contribution in [0.1, 0.15) is 31.1 Å². The lowest BCUT2D eigenvalue weighted by atomic mass is 10.1. The van der Waals surface area contributed by atoms with E-state index in [1.165, 1.54) is 0 Å². The topological polar surface area (TPSA) is 64.3 Å². The smallest absolute Gasteiger partial charge is 0.248 e. The van der Waals surface area contributed by atoms with E-state index in [1.54, 1.807) is 24.3 Å². The molecular formula is C13H20N2O2. The van der Waals surface area contributed by atoms with Crippen LogP contribution >= 0.6 is 0 Å². The van der Waals surface area contributed by atoms with E-state index in [1.807, 2.05) is 0 Å². The van der Waals surface area contributed by atoms with E-state index < -0.39 is 5.91 Å². The first-order chi connectivity index (χ1) is 7.88. The summed E-state index contributed by atoms with van der Waals surface area (Å²) in [6, 6.07) is 6.82. The van der Waals surface area contributed by atoms with Gasteiger partial charge in [-0.15, -0.1) is 0 Å². The molecule has 0 radical (unpaired) electrons.